The number of benzene rings is 1. The minimum Gasteiger partial charge on any atom is -0.466 e. The molecule has 0 aromatic heterocycles. The fraction of sp³-hybridized carbons (Fsp3) is 0.467. The standard InChI is InChI=1S/C15H18Cl2O4/c1-2-9-20-13(18)7-4-8-14(19)21-10-11-5-3-6-12(16)15(11)17/h3,5-6H,2,4,7-10H2,1H3. The number of carbonyl (C=O) groups is 2. The van der Waals surface area contributed by atoms with Crippen LogP contribution in [0.25, 0.3) is 0 Å². The van der Waals surface area contributed by atoms with E-state index >= 15 is 0 Å². The Balaban J connectivity index is 2.25. The summed E-state index contributed by atoms with van der Waals surface area (Å²) in [6, 6.07) is 5.14. The molecule has 0 atom stereocenters. The van der Waals surface area contributed by atoms with Crippen LogP contribution in [0.15, 0.2) is 18.2 Å². The van der Waals surface area contributed by atoms with Gasteiger partial charge in [0.1, 0.15) is 6.61 Å². The molecule has 0 heterocycles. The minimum absolute atomic E-state index is 0.0680. The predicted molar refractivity (Wildman–Crippen MR) is 81.4 cm³/mol. The first-order chi connectivity index (χ1) is 10.0. The maximum Gasteiger partial charge on any atom is 0.306 e. The van der Waals surface area contributed by atoms with Gasteiger partial charge in [-0.1, -0.05) is 42.3 Å². The second kappa shape index (κ2) is 9.64. The average Bonchev–Trinajstić information content (AvgIpc) is 2.46. The Morgan fingerprint density at radius 3 is 2.43 bits per heavy atom. The van der Waals surface area contributed by atoms with E-state index in [0.717, 1.165) is 6.42 Å². The molecule has 0 bridgehead atoms. The third-order valence-corrected chi connectivity index (χ3v) is 3.51. The second-order valence-corrected chi connectivity index (χ2v) is 5.23. The topological polar surface area (TPSA) is 52.6 Å². The van der Waals surface area contributed by atoms with Gasteiger partial charge in [0.2, 0.25) is 0 Å². The Morgan fingerprint density at radius 1 is 1.10 bits per heavy atom. The molecule has 0 amide bonds. The Hall–Kier alpha value is -1.26. The number of ether oxygens (including phenoxy) is 2. The van der Waals surface area contributed by atoms with E-state index in [0.29, 0.717) is 28.6 Å². The van der Waals surface area contributed by atoms with E-state index in [9.17, 15) is 9.59 Å². The molecule has 21 heavy (non-hydrogen) atoms. The predicted octanol–water partition coefficient (Wildman–Crippen LogP) is 4.16. The van der Waals surface area contributed by atoms with Gasteiger partial charge in [-0.25, -0.2) is 0 Å². The van der Waals surface area contributed by atoms with Crippen LogP contribution >= 0.6 is 23.2 Å². The average molecular weight is 333 g/mol. The van der Waals surface area contributed by atoms with E-state index in [-0.39, 0.29) is 31.4 Å². The molecule has 4 nitrogen and oxygen atoms in total. The van der Waals surface area contributed by atoms with Crippen LogP contribution in [0.4, 0.5) is 0 Å². The zero-order chi connectivity index (χ0) is 15.7. The lowest BCUT2D eigenvalue weighted by Crippen LogP contribution is -2.08. The van der Waals surface area contributed by atoms with Crippen LogP contribution in [0.1, 0.15) is 38.2 Å². The van der Waals surface area contributed by atoms with Gasteiger partial charge in [0.25, 0.3) is 0 Å². The van der Waals surface area contributed by atoms with Crippen molar-refractivity contribution in [3.8, 4) is 0 Å². The summed E-state index contributed by atoms with van der Waals surface area (Å²) >= 11 is 11.9. The summed E-state index contributed by atoms with van der Waals surface area (Å²) < 4.78 is 10.0. The lowest BCUT2D eigenvalue weighted by atomic mass is 10.2. The SMILES string of the molecule is CCCOC(=O)CCCC(=O)OCc1cccc(Cl)c1Cl. The largest absolute Gasteiger partial charge is 0.466 e. The Kier molecular flexibility index (Phi) is 8.16. The Morgan fingerprint density at radius 2 is 1.76 bits per heavy atom. The highest BCUT2D eigenvalue weighted by Gasteiger charge is 2.09. The molecular formula is C15H18Cl2O4. The molecule has 1 aromatic rings. The molecule has 116 valence electrons. The first kappa shape index (κ1) is 17.8. The highest BCUT2D eigenvalue weighted by atomic mass is 35.5. The highest BCUT2D eigenvalue weighted by Crippen LogP contribution is 2.26. The monoisotopic (exact) mass is 332 g/mol. The number of hydrogen-bond donors (Lipinski definition) is 0. The molecule has 0 aliphatic rings. The molecule has 6 heteroatoms. The van der Waals surface area contributed by atoms with Gasteiger partial charge in [0.15, 0.2) is 0 Å². The molecule has 1 rings (SSSR count). The molecular weight excluding hydrogens is 315 g/mol. The molecule has 0 aliphatic carbocycles. The van der Waals surface area contributed by atoms with Crippen molar-refractivity contribution >= 4 is 35.1 Å². The van der Waals surface area contributed by atoms with E-state index in [4.69, 9.17) is 32.7 Å². The van der Waals surface area contributed by atoms with E-state index in [1.165, 1.54) is 0 Å². The Bertz CT molecular complexity index is 489. The zero-order valence-electron chi connectivity index (χ0n) is 11.9. The smallest absolute Gasteiger partial charge is 0.306 e. The Labute approximate surface area is 134 Å². The van der Waals surface area contributed by atoms with Gasteiger partial charge in [0, 0.05) is 18.4 Å². The fourth-order valence-corrected chi connectivity index (χ4v) is 1.93. The molecule has 0 fully saturated rings. The molecule has 0 aliphatic heterocycles. The number of carbonyl (C=O) groups excluding carboxylic acids is 2. The summed E-state index contributed by atoms with van der Waals surface area (Å²) in [7, 11) is 0. The lowest BCUT2D eigenvalue weighted by Gasteiger charge is -2.07. The summed E-state index contributed by atoms with van der Waals surface area (Å²) in [5.41, 5.74) is 0.653. The summed E-state index contributed by atoms with van der Waals surface area (Å²) in [4.78, 5) is 22.8. The van der Waals surface area contributed by atoms with Crippen LogP contribution in [-0.4, -0.2) is 18.5 Å². The number of hydrogen-bond acceptors (Lipinski definition) is 4. The number of halogens is 2. The molecule has 0 saturated carbocycles. The normalized spacial score (nSPS) is 10.2. The molecule has 0 unspecified atom stereocenters. The molecule has 1 aromatic carbocycles. The van der Waals surface area contributed by atoms with Crippen molar-refractivity contribution in [1.29, 1.82) is 0 Å². The van der Waals surface area contributed by atoms with Gasteiger partial charge in [-0.05, 0) is 18.9 Å². The molecule has 0 N–H and O–H groups in total. The van der Waals surface area contributed by atoms with Crippen molar-refractivity contribution in [3.05, 3.63) is 33.8 Å². The van der Waals surface area contributed by atoms with E-state index in [1.54, 1.807) is 18.2 Å². The van der Waals surface area contributed by atoms with Crippen LogP contribution < -0.4 is 0 Å². The summed E-state index contributed by atoms with van der Waals surface area (Å²) in [5, 5.41) is 0.805. The van der Waals surface area contributed by atoms with Crippen molar-refractivity contribution in [3.63, 3.8) is 0 Å². The summed E-state index contributed by atoms with van der Waals surface area (Å²) in [5.74, 6) is -0.670. The third-order valence-electron chi connectivity index (χ3n) is 2.65. The van der Waals surface area contributed by atoms with Crippen LogP contribution in [0.5, 0.6) is 0 Å². The van der Waals surface area contributed by atoms with Gasteiger partial charge in [-0.15, -0.1) is 0 Å². The zero-order valence-corrected chi connectivity index (χ0v) is 13.4. The molecule has 0 spiro atoms. The molecule has 0 saturated heterocycles. The van der Waals surface area contributed by atoms with Gasteiger partial charge < -0.3 is 9.47 Å². The van der Waals surface area contributed by atoms with Crippen molar-refractivity contribution in [2.45, 2.75) is 39.2 Å². The van der Waals surface area contributed by atoms with E-state index in [2.05, 4.69) is 0 Å². The highest BCUT2D eigenvalue weighted by molar-refractivity contribution is 6.42. The number of rotatable bonds is 8. The second-order valence-electron chi connectivity index (χ2n) is 4.45. The van der Waals surface area contributed by atoms with Crippen molar-refractivity contribution in [2.24, 2.45) is 0 Å². The van der Waals surface area contributed by atoms with Crippen molar-refractivity contribution in [2.75, 3.05) is 6.61 Å². The van der Waals surface area contributed by atoms with Crippen LogP contribution in [-0.2, 0) is 25.7 Å². The maximum atomic E-state index is 11.6. The third kappa shape index (κ3) is 6.82. The maximum absolute atomic E-state index is 11.6. The van der Waals surface area contributed by atoms with Gasteiger partial charge in [-0.3, -0.25) is 9.59 Å². The quantitative estimate of drug-likeness (QED) is 0.670. The van der Waals surface area contributed by atoms with E-state index < -0.39 is 0 Å². The van der Waals surface area contributed by atoms with Gasteiger partial charge in [0.05, 0.1) is 16.7 Å². The first-order valence-electron chi connectivity index (χ1n) is 6.78. The van der Waals surface area contributed by atoms with Crippen molar-refractivity contribution in [1.82, 2.24) is 0 Å². The summed E-state index contributed by atoms with van der Waals surface area (Å²) in [6.45, 7) is 2.40. The first-order valence-corrected chi connectivity index (χ1v) is 7.54. The fourth-order valence-electron chi connectivity index (χ4n) is 1.56. The van der Waals surface area contributed by atoms with Gasteiger partial charge >= 0.3 is 11.9 Å². The van der Waals surface area contributed by atoms with Gasteiger partial charge in [-0.2, -0.15) is 0 Å². The van der Waals surface area contributed by atoms with Crippen molar-refractivity contribution < 1.29 is 19.1 Å². The summed E-state index contributed by atoms with van der Waals surface area (Å²) in [6.07, 6.45) is 1.57. The number of esters is 2. The van der Waals surface area contributed by atoms with E-state index in [1.807, 2.05) is 6.92 Å². The minimum atomic E-state index is -0.380. The van der Waals surface area contributed by atoms with Crippen LogP contribution in [0.2, 0.25) is 10.0 Å². The van der Waals surface area contributed by atoms with Crippen LogP contribution in [0.3, 0.4) is 0 Å². The molecule has 0 radical (unpaired) electrons. The van der Waals surface area contributed by atoms with Crippen LogP contribution in [0, 0.1) is 0 Å². The lowest BCUT2D eigenvalue weighted by molar-refractivity contribution is -0.146.